The number of nitrogens with zero attached hydrogens (tertiary/aromatic N) is 1. The Morgan fingerprint density at radius 3 is 2.42 bits per heavy atom. The Morgan fingerprint density at radius 1 is 1.12 bits per heavy atom. The summed E-state index contributed by atoms with van der Waals surface area (Å²) in [5.41, 5.74) is 2.66. The van der Waals surface area contributed by atoms with Gasteiger partial charge in [0, 0.05) is 11.6 Å². The number of hydrogen-bond donors (Lipinski definition) is 0. The van der Waals surface area contributed by atoms with E-state index in [1.165, 1.54) is 13.2 Å². The average Bonchev–Trinajstić information content (AvgIpc) is 3.46. The van der Waals surface area contributed by atoms with E-state index in [4.69, 9.17) is 9.47 Å². The summed E-state index contributed by atoms with van der Waals surface area (Å²) in [5, 5.41) is 0. The largest absolute Gasteiger partial charge is 0.497 e. The van der Waals surface area contributed by atoms with Crippen LogP contribution in [-0.4, -0.2) is 39.2 Å². The molecule has 1 aliphatic rings. The van der Waals surface area contributed by atoms with Crippen LogP contribution in [0.4, 0.5) is 4.39 Å². The van der Waals surface area contributed by atoms with Crippen LogP contribution in [0.15, 0.2) is 36.4 Å². The number of methoxy groups -OCH3 is 2. The van der Waals surface area contributed by atoms with Crippen molar-refractivity contribution in [3.8, 4) is 16.9 Å². The van der Waals surface area contributed by atoms with Crippen LogP contribution in [0.3, 0.4) is 0 Å². The quantitative estimate of drug-likeness (QED) is 0.723. The van der Waals surface area contributed by atoms with Crippen molar-refractivity contribution in [2.75, 3.05) is 28.3 Å². The molecule has 0 heterocycles. The monoisotopic (exact) mass is 357 g/mol. The van der Waals surface area contributed by atoms with Crippen LogP contribution in [0.1, 0.15) is 34.8 Å². The van der Waals surface area contributed by atoms with Crippen LogP contribution in [0.5, 0.6) is 5.75 Å². The molecule has 26 heavy (non-hydrogen) atoms. The highest BCUT2D eigenvalue weighted by Gasteiger charge is 2.35. The standard InChI is InChI=1S/C21H24FNO3/c1-23(2)20(13-5-6-13)18-11-14(21(24)26-4)7-9-16(18)17-12-15(25-3)8-10-19(17)22/h7-13,20H,5-6H2,1-4H3. The van der Waals surface area contributed by atoms with E-state index in [9.17, 15) is 9.18 Å². The van der Waals surface area contributed by atoms with Gasteiger partial charge in [0.2, 0.25) is 0 Å². The summed E-state index contributed by atoms with van der Waals surface area (Å²) in [6, 6.07) is 10.1. The van der Waals surface area contributed by atoms with Gasteiger partial charge in [-0.1, -0.05) is 6.07 Å². The lowest BCUT2D eigenvalue weighted by atomic mass is 9.90. The zero-order chi connectivity index (χ0) is 18.8. The number of carbonyl (C=O) groups is 1. The summed E-state index contributed by atoms with van der Waals surface area (Å²) >= 11 is 0. The van der Waals surface area contributed by atoms with E-state index in [2.05, 4.69) is 4.90 Å². The van der Waals surface area contributed by atoms with Crippen LogP contribution in [0, 0.1) is 11.7 Å². The molecule has 4 nitrogen and oxygen atoms in total. The second-order valence-electron chi connectivity index (χ2n) is 6.89. The van der Waals surface area contributed by atoms with E-state index in [0.29, 0.717) is 22.8 Å². The fraction of sp³-hybridized carbons (Fsp3) is 0.381. The predicted octanol–water partition coefficient (Wildman–Crippen LogP) is 4.30. The van der Waals surface area contributed by atoms with Gasteiger partial charge in [-0.3, -0.25) is 0 Å². The third-order valence-electron chi connectivity index (χ3n) is 4.88. The zero-order valence-corrected chi connectivity index (χ0v) is 15.6. The summed E-state index contributed by atoms with van der Waals surface area (Å²) < 4.78 is 24.8. The highest BCUT2D eigenvalue weighted by Crippen LogP contribution is 2.47. The number of rotatable bonds is 6. The molecule has 0 aliphatic heterocycles. The van der Waals surface area contributed by atoms with Crippen LogP contribution in [-0.2, 0) is 4.74 Å². The van der Waals surface area contributed by atoms with Gasteiger partial charge in [0.05, 0.1) is 19.8 Å². The van der Waals surface area contributed by atoms with Crippen molar-refractivity contribution in [3.63, 3.8) is 0 Å². The molecule has 0 N–H and O–H groups in total. The minimum Gasteiger partial charge on any atom is -0.497 e. The summed E-state index contributed by atoms with van der Waals surface area (Å²) in [6.45, 7) is 0. The maximum absolute atomic E-state index is 14.6. The molecule has 2 aromatic rings. The topological polar surface area (TPSA) is 38.8 Å². The number of esters is 1. The third-order valence-corrected chi connectivity index (χ3v) is 4.88. The Kier molecular flexibility index (Phi) is 5.28. The molecular formula is C21H24FNO3. The fourth-order valence-corrected chi connectivity index (χ4v) is 3.50. The van der Waals surface area contributed by atoms with Gasteiger partial charge in [0.1, 0.15) is 11.6 Å². The maximum Gasteiger partial charge on any atom is 0.337 e. The fourth-order valence-electron chi connectivity index (χ4n) is 3.50. The van der Waals surface area contributed by atoms with E-state index in [1.807, 2.05) is 20.2 Å². The zero-order valence-electron chi connectivity index (χ0n) is 15.6. The average molecular weight is 357 g/mol. The highest BCUT2D eigenvalue weighted by atomic mass is 19.1. The molecule has 138 valence electrons. The lowest BCUT2D eigenvalue weighted by Crippen LogP contribution is -2.23. The van der Waals surface area contributed by atoms with Crippen LogP contribution >= 0.6 is 0 Å². The summed E-state index contributed by atoms with van der Waals surface area (Å²) in [7, 11) is 6.95. The first kappa shape index (κ1) is 18.4. The van der Waals surface area contributed by atoms with Gasteiger partial charge in [-0.2, -0.15) is 0 Å². The molecule has 1 unspecified atom stereocenters. The summed E-state index contributed by atoms with van der Waals surface area (Å²) in [4.78, 5) is 14.2. The van der Waals surface area contributed by atoms with Crippen molar-refractivity contribution in [2.45, 2.75) is 18.9 Å². The molecule has 1 atom stereocenters. The first-order valence-electron chi connectivity index (χ1n) is 8.69. The van der Waals surface area contributed by atoms with Gasteiger partial charge >= 0.3 is 5.97 Å². The molecule has 1 saturated carbocycles. The number of halogens is 1. The molecule has 0 amide bonds. The third kappa shape index (κ3) is 3.58. The van der Waals surface area contributed by atoms with Crippen LogP contribution < -0.4 is 4.74 Å². The van der Waals surface area contributed by atoms with E-state index >= 15 is 0 Å². The van der Waals surface area contributed by atoms with E-state index < -0.39 is 5.97 Å². The predicted molar refractivity (Wildman–Crippen MR) is 98.9 cm³/mol. The Balaban J connectivity index is 2.19. The van der Waals surface area contributed by atoms with Gasteiger partial charge in [0.15, 0.2) is 0 Å². The number of ether oxygens (including phenoxy) is 2. The normalized spacial score (nSPS) is 15.0. The van der Waals surface area contributed by atoms with Crippen molar-refractivity contribution in [1.29, 1.82) is 0 Å². The number of hydrogen-bond acceptors (Lipinski definition) is 4. The Hall–Kier alpha value is -2.40. The Morgan fingerprint density at radius 2 is 1.85 bits per heavy atom. The minimum absolute atomic E-state index is 0.111. The van der Waals surface area contributed by atoms with Gasteiger partial charge in [-0.15, -0.1) is 0 Å². The smallest absolute Gasteiger partial charge is 0.337 e. The summed E-state index contributed by atoms with van der Waals surface area (Å²) in [6.07, 6.45) is 2.26. The van der Waals surface area contributed by atoms with Gasteiger partial charge in [0.25, 0.3) is 0 Å². The SMILES string of the molecule is COC(=O)c1ccc(-c2cc(OC)ccc2F)c(C(C2CC2)N(C)C)c1. The molecule has 1 fully saturated rings. The second-order valence-corrected chi connectivity index (χ2v) is 6.89. The van der Waals surface area contributed by atoms with Crippen molar-refractivity contribution in [2.24, 2.45) is 5.92 Å². The van der Waals surface area contributed by atoms with Crippen molar-refractivity contribution in [1.82, 2.24) is 4.90 Å². The number of benzene rings is 2. The first-order chi connectivity index (χ1) is 12.5. The van der Waals surface area contributed by atoms with Gasteiger partial charge < -0.3 is 14.4 Å². The second kappa shape index (κ2) is 7.46. The molecule has 5 heteroatoms. The lowest BCUT2D eigenvalue weighted by Gasteiger charge is -2.27. The molecule has 0 saturated heterocycles. The van der Waals surface area contributed by atoms with Crippen LogP contribution in [0.2, 0.25) is 0 Å². The Bertz CT molecular complexity index is 813. The highest BCUT2D eigenvalue weighted by molar-refractivity contribution is 5.90. The first-order valence-corrected chi connectivity index (χ1v) is 8.69. The van der Waals surface area contributed by atoms with Gasteiger partial charge in [-0.05, 0) is 74.3 Å². The van der Waals surface area contributed by atoms with Crippen molar-refractivity contribution < 1.29 is 18.7 Å². The lowest BCUT2D eigenvalue weighted by molar-refractivity contribution is 0.0600. The molecule has 0 spiro atoms. The molecular weight excluding hydrogens is 333 g/mol. The number of carbonyl (C=O) groups excluding carboxylic acids is 1. The van der Waals surface area contributed by atoms with E-state index in [-0.39, 0.29) is 11.9 Å². The van der Waals surface area contributed by atoms with Gasteiger partial charge in [-0.25, -0.2) is 9.18 Å². The molecule has 2 aromatic carbocycles. The molecule has 1 aliphatic carbocycles. The maximum atomic E-state index is 14.6. The Labute approximate surface area is 153 Å². The van der Waals surface area contributed by atoms with Crippen molar-refractivity contribution in [3.05, 3.63) is 53.3 Å². The van der Waals surface area contributed by atoms with E-state index in [0.717, 1.165) is 24.0 Å². The minimum atomic E-state index is -0.391. The molecule has 3 rings (SSSR count). The van der Waals surface area contributed by atoms with Crippen LogP contribution in [0.25, 0.3) is 11.1 Å². The molecule has 0 aromatic heterocycles. The molecule has 0 radical (unpaired) electrons. The summed E-state index contributed by atoms with van der Waals surface area (Å²) in [5.74, 6) is 0.394. The van der Waals surface area contributed by atoms with E-state index in [1.54, 1.807) is 31.4 Å². The molecule has 0 bridgehead atoms. The van der Waals surface area contributed by atoms with Crippen molar-refractivity contribution >= 4 is 5.97 Å².